The Labute approximate surface area is 118 Å². The van der Waals surface area contributed by atoms with Crippen molar-refractivity contribution in [3.8, 4) is 0 Å². The van der Waals surface area contributed by atoms with Gasteiger partial charge in [-0.25, -0.2) is 4.52 Å². The molecule has 2 heterocycles. The molecule has 0 saturated carbocycles. The predicted octanol–water partition coefficient (Wildman–Crippen LogP) is 3.35. The van der Waals surface area contributed by atoms with E-state index in [0.717, 1.165) is 15.7 Å². The first-order valence-corrected chi connectivity index (χ1v) is 6.53. The van der Waals surface area contributed by atoms with Gasteiger partial charge in [0.25, 0.3) is 5.91 Å². The highest BCUT2D eigenvalue weighted by atomic mass is 79.9. The summed E-state index contributed by atoms with van der Waals surface area (Å²) in [6.07, 6.45) is 3.52. The third kappa shape index (κ3) is 2.24. The molecule has 0 aliphatic rings. The van der Waals surface area contributed by atoms with E-state index >= 15 is 0 Å². The lowest BCUT2D eigenvalue weighted by Crippen LogP contribution is -2.12. The van der Waals surface area contributed by atoms with Crippen molar-refractivity contribution < 1.29 is 4.79 Å². The molecule has 1 amide bonds. The van der Waals surface area contributed by atoms with Gasteiger partial charge in [-0.1, -0.05) is 18.2 Å². The molecule has 0 bridgehead atoms. The van der Waals surface area contributed by atoms with E-state index in [1.165, 1.54) is 0 Å². The molecule has 3 aromatic rings. The molecule has 1 N–H and O–H groups in total. The molecular formula is C14H10BrN3O. The first-order valence-electron chi connectivity index (χ1n) is 5.74. The summed E-state index contributed by atoms with van der Waals surface area (Å²) in [7, 11) is 0. The number of halogens is 1. The smallest absolute Gasteiger partial charge is 0.255 e. The minimum Gasteiger partial charge on any atom is -0.321 e. The van der Waals surface area contributed by atoms with Crippen molar-refractivity contribution in [2.24, 2.45) is 0 Å². The molecule has 3 rings (SSSR count). The molecule has 0 unspecified atom stereocenters. The topological polar surface area (TPSA) is 46.4 Å². The molecule has 2 aromatic heterocycles. The van der Waals surface area contributed by atoms with Crippen molar-refractivity contribution >= 4 is 33.0 Å². The highest BCUT2D eigenvalue weighted by molar-refractivity contribution is 9.10. The highest BCUT2D eigenvalue weighted by Crippen LogP contribution is 2.27. The normalized spacial score (nSPS) is 10.6. The Bertz CT molecular complexity index is 737. The van der Waals surface area contributed by atoms with Gasteiger partial charge in [0.05, 0.1) is 21.9 Å². The number of nitrogens with zero attached hydrogens (tertiary/aromatic N) is 2. The largest absolute Gasteiger partial charge is 0.321 e. The van der Waals surface area contributed by atoms with Crippen LogP contribution in [-0.4, -0.2) is 15.5 Å². The lowest BCUT2D eigenvalue weighted by atomic mass is 10.2. The van der Waals surface area contributed by atoms with E-state index < -0.39 is 0 Å². The highest BCUT2D eigenvalue weighted by Gasteiger charge is 2.10. The van der Waals surface area contributed by atoms with Gasteiger partial charge in [0.1, 0.15) is 0 Å². The Balaban J connectivity index is 1.93. The second-order valence-corrected chi connectivity index (χ2v) is 4.82. The van der Waals surface area contributed by atoms with Crippen LogP contribution in [0.1, 0.15) is 10.4 Å². The number of aromatic nitrogens is 2. The Hall–Kier alpha value is -2.14. The monoisotopic (exact) mass is 315 g/mol. The number of hydrogen-bond donors (Lipinski definition) is 1. The van der Waals surface area contributed by atoms with E-state index in [9.17, 15) is 4.79 Å². The fourth-order valence-corrected chi connectivity index (χ4v) is 2.39. The molecule has 0 radical (unpaired) electrons. The van der Waals surface area contributed by atoms with Crippen LogP contribution in [0.4, 0.5) is 5.69 Å². The van der Waals surface area contributed by atoms with Crippen LogP contribution in [0.2, 0.25) is 0 Å². The average molecular weight is 316 g/mol. The van der Waals surface area contributed by atoms with Crippen molar-refractivity contribution in [2.45, 2.75) is 0 Å². The fourth-order valence-electron chi connectivity index (χ4n) is 1.84. The molecule has 0 aliphatic carbocycles. The quantitative estimate of drug-likeness (QED) is 0.788. The number of pyridine rings is 1. The first-order chi connectivity index (χ1) is 9.25. The number of anilines is 1. The zero-order chi connectivity index (χ0) is 13.2. The molecule has 5 heteroatoms. The number of fused-ring (bicyclic) bond motifs is 1. The van der Waals surface area contributed by atoms with Crippen LogP contribution in [-0.2, 0) is 0 Å². The maximum absolute atomic E-state index is 12.1. The lowest BCUT2D eigenvalue weighted by Gasteiger charge is -2.08. The summed E-state index contributed by atoms with van der Waals surface area (Å²) in [6.45, 7) is 0. The summed E-state index contributed by atoms with van der Waals surface area (Å²) in [5.41, 5.74) is 2.26. The average Bonchev–Trinajstić information content (AvgIpc) is 2.92. The van der Waals surface area contributed by atoms with Crippen molar-refractivity contribution in [3.63, 3.8) is 0 Å². The third-order valence-electron chi connectivity index (χ3n) is 2.80. The molecular weight excluding hydrogens is 306 g/mol. The zero-order valence-electron chi connectivity index (χ0n) is 9.88. The summed E-state index contributed by atoms with van der Waals surface area (Å²) in [5, 5.41) is 7.01. The molecule has 4 nitrogen and oxygen atoms in total. The van der Waals surface area contributed by atoms with E-state index in [1.54, 1.807) is 29.0 Å². The number of benzene rings is 1. The maximum atomic E-state index is 12.1. The predicted molar refractivity (Wildman–Crippen MR) is 77.3 cm³/mol. The van der Waals surface area contributed by atoms with Crippen molar-refractivity contribution in [2.75, 3.05) is 5.32 Å². The SMILES string of the molecule is O=C(Nc1ccn2nccc2c1Br)c1ccccc1. The number of carbonyl (C=O) groups excluding carboxylic acids is 1. The Morgan fingerprint density at radius 1 is 1.16 bits per heavy atom. The number of carbonyl (C=O) groups is 1. The van der Waals surface area contributed by atoms with E-state index in [2.05, 4.69) is 26.3 Å². The van der Waals surface area contributed by atoms with Gasteiger partial charge in [0, 0.05) is 11.8 Å². The number of rotatable bonds is 2. The van der Waals surface area contributed by atoms with Crippen LogP contribution >= 0.6 is 15.9 Å². The van der Waals surface area contributed by atoms with Crippen LogP contribution in [0.15, 0.2) is 59.3 Å². The summed E-state index contributed by atoms with van der Waals surface area (Å²) in [6, 6.07) is 12.8. The maximum Gasteiger partial charge on any atom is 0.255 e. The van der Waals surface area contributed by atoms with Crippen LogP contribution in [0.3, 0.4) is 0 Å². The number of amides is 1. The summed E-state index contributed by atoms with van der Waals surface area (Å²) >= 11 is 3.49. The lowest BCUT2D eigenvalue weighted by molar-refractivity contribution is 0.102. The van der Waals surface area contributed by atoms with Crippen molar-refractivity contribution in [1.82, 2.24) is 9.61 Å². The van der Waals surface area contributed by atoms with Gasteiger partial charge in [-0.15, -0.1) is 0 Å². The van der Waals surface area contributed by atoms with E-state index in [-0.39, 0.29) is 5.91 Å². The van der Waals surface area contributed by atoms with Gasteiger partial charge in [-0.3, -0.25) is 4.79 Å². The van der Waals surface area contributed by atoms with Crippen molar-refractivity contribution in [1.29, 1.82) is 0 Å². The fraction of sp³-hybridized carbons (Fsp3) is 0. The summed E-state index contributed by atoms with van der Waals surface area (Å²) < 4.78 is 2.55. The minimum absolute atomic E-state index is 0.134. The van der Waals surface area contributed by atoms with E-state index in [1.807, 2.05) is 30.3 Å². The van der Waals surface area contributed by atoms with Gasteiger partial charge in [0.2, 0.25) is 0 Å². The van der Waals surface area contributed by atoms with Crippen LogP contribution in [0.5, 0.6) is 0 Å². The van der Waals surface area contributed by atoms with Crippen LogP contribution in [0.25, 0.3) is 5.52 Å². The van der Waals surface area contributed by atoms with E-state index in [0.29, 0.717) is 5.56 Å². The molecule has 1 aromatic carbocycles. The second-order valence-electron chi connectivity index (χ2n) is 4.02. The minimum atomic E-state index is -0.134. The molecule has 0 aliphatic heterocycles. The third-order valence-corrected chi connectivity index (χ3v) is 3.63. The van der Waals surface area contributed by atoms with Crippen molar-refractivity contribution in [3.05, 3.63) is 64.9 Å². The molecule has 0 fully saturated rings. The molecule has 0 spiro atoms. The summed E-state index contributed by atoms with van der Waals surface area (Å²) in [4.78, 5) is 12.1. The zero-order valence-corrected chi connectivity index (χ0v) is 11.5. The number of nitrogens with one attached hydrogen (secondary N) is 1. The molecule has 94 valence electrons. The standard InChI is InChI=1S/C14H10BrN3O/c15-13-11(7-9-18-12(13)6-8-16-18)17-14(19)10-4-2-1-3-5-10/h1-9H,(H,17,19). The Morgan fingerprint density at radius 2 is 1.95 bits per heavy atom. The summed E-state index contributed by atoms with van der Waals surface area (Å²) in [5.74, 6) is -0.134. The van der Waals surface area contributed by atoms with E-state index in [4.69, 9.17) is 0 Å². The van der Waals surface area contributed by atoms with Gasteiger partial charge in [-0.05, 0) is 40.2 Å². The Kier molecular flexibility index (Phi) is 3.05. The van der Waals surface area contributed by atoms with Gasteiger partial charge in [-0.2, -0.15) is 5.10 Å². The van der Waals surface area contributed by atoms with Gasteiger partial charge in [0.15, 0.2) is 0 Å². The van der Waals surface area contributed by atoms with Crippen LogP contribution in [0, 0.1) is 0 Å². The molecule has 0 saturated heterocycles. The van der Waals surface area contributed by atoms with Gasteiger partial charge < -0.3 is 5.32 Å². The second kappa shape index (κ2) is 4.85. The first kappa shape index (κ1) is 11.9. The molecule has 19 heavy (non-hydrogen) atoms. The Morgan fingerprint density at radius 3 is 2.74 bits per heavy atom. The number of hydrogen-bond acceptors (Lipinski definition) is 2. The van der Waals surface area contributed by atoms with Crippen LogP contribution < -0.4 is 5.32 Å². The molecule has 0 atom stereocenters. The van der Waals surface area contributed by atoms with Gasteiger partial charge >= 0.3 is 0 Å².